The number of nitrogens with one attached hydrogen (secondary N) is 1. The molecule has 1 aromatic carbocycles. The molecule has 1 aliphatic heterocycles. The molecule has 0 bridgehead atoms. The topological polar surface area (TPSA) is 46.2 Å². The Morgan fingerprint density at radius 3 is 2.61 bits per heavy atom. The number of thiol groups is 1. The maximum atomic E-state index is 12.5. The molecule has 0 spiro atoms. The summed E-state index contributed by atoms with van der Waals surface area (Å²) in [4.78, 5) is 25.3. The second-order valence-electron chi connectivity index (χ2n) is 5.94. The molecule has 1 amide bonds. The van der Waals surface area contributed by atoms with Crippen LogP contribution in [-0.4, -0.2) is 23.2 Å². The van der Waals surface area contributed by atoms with Crippen molar-refractivity contribution in [2.24, 2.45) is 0 Å². The van der Waals surface area contributed by atoms with Gasteiger partial charge < -0.3 is 5.32 Å². The van der Waals surface area contributed by atoms with Gasteiger partial charge in [0.15, 0.2) is 5.78 Å². The molecule has 0 radical (unpaired) electrons. The van der Waals surface area contributed by atoms with Gasteiger partial charge in [0, 0.05) is 12.5 Å². The molecule has 0 saturated heterocycles. The third-order valence-electron chi connectivity index (χ3n) is 3.90. The van der Waals surface area contributed by atoms with Crippen molar-refractivity contribution in [3.8, 4) is 0 Å². The van der Waals surface area contributed by atoms with E-state index in [4.69, 9.17) is 0 Å². The lowest BCUT2D eigenvalue weighted by Gasteiger charge is -2.29. The van der Waals surface area contributed by atoms with E-state index in [1.54, 1.807) is 0 Å². The van der Waals surface area contributed by atoms with Gasteiger partial charge in [-0.1, -0.05) is 36.8 Å². The summed E-state index contributed by atoms with van der Waals surface area (Å²) in [7, 11) is 0. The number of amides is 1. The summed E-state index contributed by atoms with van der Waals surface area (Å²) in [5.74, 6) is 1.58. The first kappa shape index (κ1) is 18.1. The zero-order valence-electron chi connectivity index (χ0n) is 13.4. The molecule has 0 fully saturated rings. The minimum Gasteiger partial charge on any atom is -0.342 e. The van der Waals surface area contributed by atoms with Gasteiger partial charge in [0.2, 0.25) is 0 Å². The van der Waals surface area contributed by atoms with E-state index in [2.05, 4.69) is 17.9 Å². The largest absolute Gasteiger partial charge is 0.342 e. The van der Waals surface area contributed by atoms with Crippen LogP contribution in [-0.2, 0) is 15.1 Å². The number of hydrogen-bond donors (Lipinski definition) is 2. The maximum Gasteiger partial charge on any atom is 0.258 e. The number of carbonyl (C=O) groups is 2. The molecule has 1 heterocycles. The van der Waals surface area contributed by atoms with Gasteiger partial charge in [0.25, 0.3) is 5.91 Å². The highest BCUT2D eigenvalue weighted by molar-refractivity contribution is 8.04. The molecule has 1 aromatic rings. The standard InChI is InChI=1S/C18H23NO2S2/c1-18(14-8-4-2-5-9-14)13-15(20)12-16(17(21)19-18)23-11-7-3-6-10-22/h2,4-5,8-9,12,22H,3,6-7,10-11,13H2,1H3,(H,19,21). The lowest BCUT2D eigenvalue weighted by atomic mass is 9.87. The Balaban J connectivity index is 2.04. The van der Waals surface area contributed by atoms with Crippen molar-refractivity contribution < 1.29 is 9.59 Å². The van der Waals surface area contributed by atoms with Crippen molar-refractivity contribution in [1.29, 1.82) is 0 Å². The fourth-order valence-electron chi connectivity index (χ4n) is 2.63. The van der Waals surface area contributed by atoms with Gasteiger partial charge in [0.05, 0.1) is 10.4 Å². The van der Waals surface area contributed by atoms with Crippen LogP contribution in [0.25, 0.3) is 0 Å². The monoisotopic (exact) mass is 349 g/mol. The number of benzene rings is 1. The number of allylic oxidation sites excluding steroid dienone is 1. The van der Waals surface area contributed by atoms with Gasteiger partial charge in [-0.2, -0.15) is 12.6 Å². The molecule has 0 aliphatic carbocycles. The Kier molecular flexibility index (Phi) is 6.78. The molecule has 5 heteroatoms. The van der Waals surface area contributed by atoms with E-state index in [1.807, 2.05) is 37.3 Å². The van der Waals surface area contributed by atoms with Gasteiger partial charge in [-0.05, 0) is 36.8 Å². The van der Waals surface area contributed by atoms with Crippen molar-refractivity contribution in [3.05, 3.63) is 46.9 Å². The Morgan fingerprint density at radius 1 is 1.17 bits per heavy atom. The smallest absolute Gasteiger partial charge is 0.258 e. The van der Waals surface area contributed by atoms with Crippen molar-refractivity contribution in [2.45, 2.75) is 38.1 Å². The van der Waals surface area contributed by atoms with Crippen LogP contribution in [0.4, 0.5) is 0 Å². The van der Waals surface area contributed by atoms with E-state index < -0.39 is 5.54 Å². The van der Waals surface area contributed by atoms with Crippen LogP contribution >= 0.6 is 24.4 Å². The highest BCUT2D eigenvalue weighted by atomic mass is 32.2. The van der Waals surface area contributed by atoms with Crippen LogP contribution in [0.2, 0.25) is 0 Å². The van der Waals surface area contributed by atoms with Crippen molar-refractivity contribution in [1.82, 2.24) is 5.32 Å². The third-order valence-corrected chi connectivity index (χ3v) is 5.33. The molecular weight excluding hydrogens is 326 g/mol. The Bertz CT molecular complexity index is 586. The van der Waals surface area contributed by atoms with Crippen LogP contribution in [0.3, 0.4) is 0 Å². The first-order chi connectivity index (χ1) is 11.0. The van der Waals surface area contributed by atoms with Crippen LogP contribution in [0.15, 0.2) is 41.3 Å². The summed E-state index contributed by atoms with van der Waals surface area (Å²) in [6, 6.07) is 9.67. The highest BCUT2D eigenvalue weighted by Gasteiger charge is 2.34. The maximum absolute atomic E-state index is 12.5. The van der Waals surface area contributed by atoms with Gasteiger partial charge in [0.1, 0.15) is 0 Å². The summed E-state index contributed by atoms with van der Waals surface area (Å²) >= 11 is 5.66. The highest BCUT2D eigenvalue weighted by Crippen LogP contribution is 2.30. The van der Waals surface area contributed by atoms with E-state index in [9.17, 15) is 9.59 Å². The molecule has 0 saturated carbocycles. The average Bonchev–Trinajstić information content (AvgIpc) is 2.64. The van der Waals surface area contributed by atoms with Crippen LogP contribution in [0.5, 0.6) is 0 Å². The Labute approximate surface area is 147 Å². The van der Waals surface area contributed by atoms with E-state index in [0.717, 1.165) is 36.3 Å². The molecule has 1 atom stereocenters. The van der Waals surface area contributed by atoms with Crippen molar-refractivity contribution >= 4 is 36.1 Å². The Hall–Kier alpha value is -1.20. The number of rotatable bonds is 7. The number of carbonyl (C=O) groups excluding carboxylic acids is 2. The van der Waals surface area contributed by atoms with E-state index >= 15 is 0 Å². The molecule has 1 aliphatic rings. The quantitative estimate of drug-likeness (QED) is 0.583. The summed E-state index contributed by atoms with van der Waals surface area (Å²) in [6.45, 7) is 1.91. The van der Waals surface area contributed by atoms with E-state index in [1.165, 1.54) is 17.8 Å². The van der Waals surface area contributed by atoms with Crippen LogP contribution in [0.1, 0.15) is 38.2 Å². The second-order valence-corrected chi connectivity index (χ2v) is 7.52. The molecule has 124 valence electrons. The van der Waals surface area contributed by atoms with Crippen LogP contribution in [0, 0.1) is 0 Å². The lowest BCUT2D eigenvalue weighted by molar-refractivity contribution is -0.118. The molecule has 23 heavy (non-hydrogen) atoms. The second kappa shape index (κ2) is 8.60. The van der Waals surface area contributed by atoms with Gasteiger partial charge in [-0.3, -0.25) is 9.59 Å². The van der Waals surface area contributed by atoms with E-state index in [-0.39, 0.29) is 18.1 Å². The third kappa shape index (κ3) is 5.15. The summed E-state index contributed by atoms with van der Waals surface area (Å²) in [5.41, 5.74) is 0.301. The summed E-state index contributed by atoms with van der Waals surface area (Å²) in [6.07, 6.45) is 5.00. The number of hydrogen-bond acceptors (Lipinski definition) is 4. The SMILES string of the molecule is CC1(c2ccccc2)CC(=O)C=C(SCCCCCS)C(=O)N1. The normalized spacial score (nSPS) is 21.6. The first-order valence-electron chi connectivity index (χ1n) is 7.91. The van der Waals surface area contributed by atoms with Gasteiger partial charge >= 0.3 is 0 Å². The van der Waals surface area contributed by atoms with E-state index in [0.29, 0.717) is 4.91 Å². The zero-order chi connectivity index (χ0) is 16.7. The summed E-state index contributed by atoms with van der Waals surface area (Å²) < 4.78 is 0. The molecule has 3 nitrogen and oxygen atoms in total. The minimum absolute atomic E-state index is 0.00689. The van der Waals surface area contributed by atoms with Gasteiger partial charge in [-0.25, -0.2) is 0 Å². The van der Waals surface area contributed by atoms with Crippen molar-refractivity contribution in [2.75, 3.05) is 11.5 Å². The predicted molar refractivity (Wildman–Crippen MR) is 99.8 cm³/mol. The fourth-order valence-corrected chi connectivity index (χ4v) is 3.82. The minimum atomic E-state index is -0.653. The number of thioether (sulfide) groups is 1. The molecule has 1 N–H and O–H groups in total. The molecule has 1 unspecified atom stereocenters. The lowest BCUT2D eigenvalue weighted by Crippen LogP contribution is -2.43. The van der Waals surface area contributed by atoms with Crippen LogP contribution < -0.4 is 5.32 Å². The Morgan fingerprint density at radius 2 is 1.91 bits per heavy atom. The first-order valence-corrected chi connectivity index (χ1v) is 9.53. The summed E-state index contributed by atoms with van der Waals surface area (Å²) in [5, 5.41) is 3.04. The molecule has 0 aromatic heterocycles. The number of unbranched alkanes of at least 4 members (excludes halogenated alkanes) is 2. The molecule has 2 rings (SSSR count). The predicted octanol–water partition coefficient (Wildman–Crippen LogP) is 3.71. The van der Waals surface area contributed by atoms with Crippen molar-refractivity contribution in [3.63, 3.8) is 0 Å². The molecular formula is C18H23NO2S2. The fraction of sp³-hybridized carbons (Fsp3) is 0.444. The number of ketones is 1. The zero-order valence-corrected chi connectivity index (χ0v) is 15.1. The van der Waals surface area contributed by atoms with Gasteiger partial charge in [-0.15, -0.1) is 11.8 Å². The average molecular weight is 350 g/mol.